The number of nitrogens with one attached hydrogen (secondary N) is 1. The predicted molar refractivity (Wildman–Crippen MR) is 76.5 cm³/mol. The van der Waals surface area contributed by atoms with E-state index in [1.54, 1.807) is 18.2 Å². The van der Waals surface area contributed by atoms with Gasteiger partial charge in [-0.25, -0.2) is 0 Å². The van der Waals surface area contributed by atoms with Crippen LogP contribution in [0.1, 0.15) is 24.9 Å². The molecule has 0 radical (unpaired) electrons. The molecule has 3 atom stereocenters. The van der Waals surface area contributed by atoms with Gasteiger partial charge in [-0.3, -0.25) is 4.79 Å². The average Bonchev–Trinajstić information content (AvgIpc) is 2.80. The molecule has 0 aromatic heterocycles. The largest absolute Gasteiger partial charge is 0.368 e. The lowest BCUT2D eigenvalue weighted by atomic mass is 10.0. The number of ether oxygens (including phenoxy) is 1. The number of carbonyl (C=O) groups is 1. The highest BCUT2D eigenvalue weighted by molar-refractivity contribution is 6.34. The molecule has 0 spiro atoms. The van der Waals surface area contributed by atoms with Gasteiger partial charge in [0.25, 0.3) is 5.91 Å². The maximum absolute atomic E-state index is 12.1. The number of halogens is 2. The Morgan fingerprint density at radius 3 is 2.60 bits per heavy atom. The Balaban J connectivity index is 2.13. The fraction of sp³-hybridized carbons (Fsp3) is 0.429. The Morgan fingerprint density at radius 1 is 1.45 bits per heavy atom. The maximum atomic E-state index is 12.1. The SMILES string of the molecule is C[C@@H]1CCO[C@@H]1C(=O)N[C@@H](C#N)c1cc(Cl)cc(Cl)c1. The van der Waals surface area contributed by atoms with Gasteiger partial charge in [0.05, 0.1) is 6.07 Å². The molecule has 0 aliphatic carbocycles. The highest BCUT2D eigenvalue weighted by Crippen LogP contribution is 2.25. The lowest BCUT2D eigenvalue weighted by Crippen LogP contribution is -2.39. The van der Waals surface area contributed by atoms with Crippen molar-refractivity contribution < 1.29 is 9.53 Å². The Kier molecular flexibility index (Phi) is 4.87. The Hall–Kier alpha value is -1.28. The van der Waals surface area contributed by atoms with E-state index in [-0.39, 0.29) is 11.8 Å². The van der Waals surface area contributed by atoms with E-state index in [2.05, 4.69) is 5.32 Å². The zero-order valence-electron chi connectivity index (χ0n) is 10.9. The van der Waals surface area contributed by atoms with Crippen molar-refractivity contribution in [2.75, 3.05) is 6.61 Å². The molecule has 20 heavy (non-hydrogen) atoms. The summed E-state index contributed by atoms with van der Waals surface area (Å²) < 4.78 is 5.38. The van der Waals surface area contributed by atoms with Crippen LogP contribution in [0.5, 0.6) is 0 Å². The average molecular weight is 313 g/mol. The third-order valence-electron chi connectivity index (χ3n) is 3.28. The number of hydrogen-bond donors (Lipinski definition) is 1. The minimum atomic E-state index is -0.796. The van der Waals surface area contributed by atoms with Gasteiger partial charge in [-0.05, 0) is 36.1 Å². The van der Waals surface area contributed by atoms with Gasteiger partial charge in [-0.1, -0.05) is 30.1 Å². The van der Waals surface area contributed by atoms with Crippen molar-refractivity contribution in [3.63, 3.8) is 0 Å². The summed E-state index contributed by atoms with van der Waals surface area (Å²) in [5, 5.41) is 12.7. The van der Waals surface area contributed by atoms with E-state index in [4.69, 9.17) is 27.9 Å². The molecule has 1 heterocycles. The molecular weight excluding hydrogens is 299 g/mol. The third-order valence-corrected chi connectivity index (χ3v) is 3.72. The molecule has 1 fully saturated rings. The summed E-state index contributed by atoms with van der Waals surface area (Å²) in [7, 11) is 0. The van der Waals surface area contributed by atoms with Gasteiger partial charge >= 0.3 is 0 Å². The molecule has 6 heteroatoms. The van der Waals surface area contributed by atoms with Crippen molar-refractivity contribution in [3.8, 4) is 6.07 Å². The second kappa shape index (κ2) is 6.45. The van der Waals surface area contributed by atoms with Crippen LogP contribution in [-0.2, 0) is 9.53 Å². The van der Waals surface area contributed by atoms with Gasteiger partial charge in [-0.2, -0.15) is 5.26 Å². The van der Waals surface area contributed by atoms with Crippen LogP contribution in [0.3, 0.4) is 0 Å². The maximum Gasteiger partial charge on any atom is 0.250 e. The van der Waals surface area contributed by atoms with Gasteiger partial charge < -0.3 is 10.1 Å². The number of rotatable bonds is 3. The molecule has 0 unspecified atom stereocenters. The van der Waals surface area contributed by atoms with Crippen LogP contribution >= 0.6 is 23.2 Å². The summed E-state index contributed by atoms with van der Waals surface area (Å²) >= 11 is 11.8. The molecular formula is C14H14Cl2N2O2. The summed E-state index contributed by atoms with van der Waals surface area (Å²) in [4.78, 5) is 12.1. The van der Waals surface area contributed by atoms with Crippen molar-refractivity contribution in [3.05, 3.63) is 33.8 Å². The highest BCUT2D eigenvalue weighted by atomic mass is 35.5. The Morgan fingerprint density at radius 2 is 2.10 bits per heavy atom. The molecule has 1 aromatic carbocycles. The van der Waals surface area contributed by atoms with E-state index in [0.717, 1.165) is 6.42 Å². The van der Waals surface area contributed by atoms with E-state index in [9.17, 15) is 10.1 Å². The van der Waals surface area contributed by atoms with Crippen LogP contribution < -0.4 is 5.32 Å². The van der Waals surface area contributed by atoms with Crippen molar-refractivity contribution >= 4 is 29.1 Å². The van der Waals surface area contributed by atoms with Gasteiger partial charge in [0.2, 0.25) is 0 Å². The first kappa shape index (κ1) is 15.1. The summed E-state index contributed by atoms with van der Waals surface area (Å²) in [6, 6.07) is 6.04. The van der Waals surface area contributed by atoms with Crippen molar-refractivity contribution in [1.29, 1.82) is 5.26 Å². The van der Waals surface area contributed by atoms with E-state index < -0.39 is 12.1 Å². The fourth-order valence-corrected chi connectivity index (χ4v) is 2.73. The van der Waals surface area contributed by atoms with Crippen LogP contribution in [0.2, 0.25) is 10.0 Å². The van der Waals surface area contributed by atoms with Gasteiger partial charge in [-0.15, -0.1) is 0 Å². The van der Waals surface area contributed by atoms with Crippen LogP contribution in [0.4, 0.5) is 0 Å². The number of hydrogen-bond acceptors (Lipinski definition) is 3. The number of benzene rings is 1. The van der Waals surface area contributed by atoms with E-state index >= 15 is 0 Å². The minimum absolute atomic E-state index is 0.150. The zero-order chi connectivity index (χ0) is 14.7. The van der Waals surface area contributed by atoms with Crippen LogP contribution in [0, 0.1) is 17.2 Å². The Labute approximate surface area is 127 Å². The number of carbonyl (C=O) groups excluding carboxylic acids is 1. The normalized spacial score (nSPS) is 23.1. The first-order chi connectivity index (χ1) is 9.51. The van der Waals surface area contributed by atoms with Gasteiger partial charge in [0, 0.05) is 16.7 Å². The molecule has 1 amide bonds. The topological polar surface area (TPSA) is 62.1 Å². The van der Waals surface area contributed by atoms with E-state index in [1.807, 2.05) is 13.0 Å². The van der Waals surface area contributed by atoms with Gasteiger partial charge in [0.1, 0.15) is 12.1 Å². The number of nitriles is 1. The molecule has 1 N–H and O–H groups in total. The van der Waals surface area contributed by atoms with Crippen LogP contribution in [-0.4, -0.2) is 18.6 Å². The molecule has 1 aliphatic rings. The molecule has 1 aromatic rings. The monoisotopic (exact) mass is 312 g/mol. The van der Waals surface area contributed by atoms with Crippen LogP contribution in [0.15, 0.2) is 18.2 Å². The summed E-state index contributed by atoms with van der Waals surface area (Å²) in [6.45, 7) is 2.52. The summed E-state index contributed by atoms with van der Waals surface area (Å²) in [5.74, 6) is -0.130. The lowest BCUT2D eigenvalue weighted by molar-refractivity contribution is -0.131. The smallest absolute Gasteiger partial charge is 0.250 e. The van der Waals surface area contributed by atoms with Crippen LogP contribution in [0.25, 0.3) is 0 Å². The standard InChI is InChI=1S/C14H14Cl2N2O2/c1-8-2-3-20-13(8)14(19)18-12(7-17)9-4-10(15)6-11(16)5-9/h4-6,8,12-13H,2-3H2,1H3,(H,18,19)/t8-,12+,13+/m1/s1. The second-order valence-electron chi connectivity index (χ2n) is 4.83. The molecule has 0 bridgehead atoms. The van der Waals surface area contributed by atoms with E-state index in [1.165, 1.54) is 0 Å². The van der Waals surface area contributed by atoms with Crippen molar-refractivity contribution in [1.82, 2.24) is 5.32 Å². The number of amides is 1. The van der Waals surface area contributed by atoms with E-state index in [0.29, 0.717) is 22.2 Å². The zero-order valence-corrected chi connectivity index (χ0v) is 12.4. The summed E-state index contributed by atoms with van der Waals surface area (Å²) in [5.41, 5.74) is 0.559. The first-order valence-corrected chi connectivity index (χ1v) is 7.04. The molecule has 1 saturated heterocycles. The third kappa shape index (κ3) is 3.43. The fourth-order valence-electron chi connectivity index (χ4n) is 2.19. The second-order valence-corrected chi connectivity index (χ2v) is 5.70. The minimum Gasteiger partial charge on any atom is -0.368 e. The molecule has 106 valence electrons. The molecule has 0 saturated carbocycles. The number of nitrogens with zero attached hydrogens (tertiary/aromatic N) is 1. The predicted octanol–water partition coefficient (Wildman–Crippen LogP) is 3.10. The van der Waals surface area contributed by atoms with Crippen molar-refractivity contribution in [2.24, 2.45) is 5.92 Å². The molecule has 4 nitrogen and oxygen atoms in total. The summed E-state index contributed by atoms with van der Waals surface area (Å²) in [6.07, 6.45) is 0.346. The van der Waals surface area contributed by atoms with Crippen molar-refractivity contribution in [2.45, 2.75) is 25.5 Å². The quantitative estimate of drug-likeness (QED) is 0.932. The highest BCUT2D eigenvalue weighted by Gasteiger charge is 2.32. The molecule has 2 rings (SSSR count). The lowest BCUT2D eigenvalue weighted by Gasteiger charge is -2.18. The first-order valence-electron chi connectivity index (χ1n) is 6.29. The van der Waals surface area contributed by atoms with Gasteiger partial charge in [0.15, 0.2) is 0 Å². The molecule has 1 aliphatic heterocycles. The Bertz CT molecular complexity index is 536.